The molecule has 3 aromatic rings. The van der Waals surface area contributed by atoms with Crippen molar-refractivity contribution in [2.75, 3.05) is 0 Å². The van der Waals surface area contributed by atoms with Crippen molar-refractivity contribution in [1.29, 1.82) is 0 Å². The molecule has 1 saturated carbocycles. The lowest BCUT2D eigenvalue weighted by Crippen LogP contribution is -2.24. The van der Waals surface area contributed by atoms with E-state index in [1.807, 2.05) is 22.6 Å². The van der Waals surface area contributed by atoms with Crippen molar-refractivity contribution in [3.63, 3.8) is 0 Å². The molecule has 1 N–H and O–H groups in total. The Labute approximate surface area is 177 Å². The van der Waals surface area contributed by atoms with Crippen molar-refractivity contribution in [3.05, 3.63) is 66.5 Å². The Hall–Kier alpha value is -2.27. The van der Waals surface area contributed by atoms with Gasteiger partial charge in [-0.2, -0.15) is 0 Å². The van der Waals surface area contributed by atoms with E-state index >= 15 is 0 Å². The Bertz CT molecular complexity index is 1110. The molecule has 1 aromatic carbocycles. The molecular weight excluding hydrogens is 499 g/mol. The molecule has 2 heterocycles. The Morgan fingerprint density at radius 3 is 2.79 bits per heavy atom. The molecule has 0 radical (unpaired) electrons. The van der Waals surface area contributed by atoms with Crippen LogP contribution in [-0.2, 0) is 0 Å². The second-order valence-corrected chi connectivity index (χ2v) is 8.19. The molecule has 4 rings (SSSR count). The molecule has 0 amide bonds. The fraction of sp³-hybridized carbons (Fsp3) is 0.278. The van der Waals surface area contributed by atoms with Crippen LogP contribution in [-0.4, -0.2) is 30.4 Å². The van der Waals surface area contributed by atoms with Crippen molar-refractivity contribution in [2.45, 2.75) is 25.2 Å². The number of fused-ring (bicyclic) bond motifs is 1. The quantitative estimate of drug-likeness (QED) is 0.306. The number of aromatic nitrogens is 3. The van der Waals surface area contributed by atoms with Crippen LogP contribution in [0, 0.1) is 19.7 Å². The molecule has 0 saturated heterocycles. The van der Waals surface area contributed by atoms with Gasteiger partial charge in [-0.05, 0) is 53.5 Å². The van der Waals surface area contributed by atoms with Crippen molar-refractivity contribution in [1.82, 2.24) is 14.4 Å². The predicted molar refractivity (Wildman–Crippen MR) is 110 cm³/mol. The second-order valence-electron chi connectivity index (χ2n) is 6.73. The van der Waals surface area contributed by atoms with Crippen LogP contribution in [0.2, 0.25) is 5.15 Å². The highest BCUT2D eigenvalue weighted by atomic mass is 127. The molecule has 1 aliphatic carbocycles. The molecular formula is C18H14ClIN4O4. The van der Waals surface area contributed by atoms with Gasteiger partial charge in [0.2, 0.25) is 0 Å². The summed E-state index contributed by atoms with van der Waals surface area (Å²) < 4.78 is 2.47. The monoisotopic (exact) mass is 512 g/mol. The van der Waals surface area contributed by atoms with E-state index in [0.29, 0.717) is 25.8 Å². The van der Waals surface area contributed by atoms with E-state index in [2.05, 4.69) is 9.97 Å². The zero-order valence-electron chi connectivity index (χ0n) is 14.4. The molecule has 0 bridgehead atoms. The van der Waals surface area contributed by atoms with Crippen molar-refractivity contribution in [3.8, 4) is 0 Å². The van der Waals surface area contributed by atoms with Crippen LogP contribution in [0.3, 0.4) is 0 Å². The summed E-state index contributed by atoms with van der Waals surface area (Å²) in [7, 11) is 0. The van der Waals surface area contributed by atoms with Gasteiger partial charge in [0, 0.05) is 17.8 Å². The molecule has 28 heavy (non-hydrogen) atoms. The summed E-state index contributed by atoms with van der Waals surface area (Å²) in [5, 5.41) is 21.4. The fourth-order valence-electron chi connectivity index (χ4n) is 3.66. The molecule has 1 aliphatic rings. The molecule has 2 aromatic heterocycles. The van der Waals surface area contributed by atoms with Gasteiger partial charge in [0.1, 0.15) is 15.0 Å². The fourth-order valence-corrected chi connectivity index (χ4v) is 4.55. The molecule has 1 fully saturated rings. The lowest BCUT2D eigenvalue weighted by molar-refractivity contribution is -0.385. The predicted octanol–water partition coefficient (Wildman–Crippen LogP) is 4.53. The maximum absolute atomic E-state index is 11.7. The van der Waals surface area contributed by atoms with Crippen LogP contribution in [0.15, 0.2) is 30.6 Å². The molecule has 8 nitrogen and oxygen atoms in total. The molecule has 1 unspecified atom stereocenters. The standard InChI is InChI=1S/C18H14ClIN4O4/c19-16-13-7-21-17(23(13)8-14(20)22-16)15(9-2-1-3-9)11-6-10(18(25)26)4-5-12(11)24(27)28/h4-9,15H,1-3H2,(H,25,26). The van der Waals surface area contributed by atoms with Gasteiger partial charge in [-0.15, -0.1) is 0 Å². The summed E-state index contributed by atoms with van der Waals surface area (Å²) in [6.07, 6.45) is 6.19. The lowest BCUT2D eigenvalue weighted by atomic mass is 9.72. The Morgan fingerprint density at radius 2 is 2.18 bits per heavy atom. The number of carbonyl (C=O) groups is 1. The smallest absolute Gasteiger partial charge is 0.335 e. The second kappa shape index (κ2) is 7.28. The van der Waals surface area contributed by atoms with Gasteiger partial charge in [-0.1, -0.05) is 18.0 Å². The van der Waals surface area contributed by atoms with Crippen molar-refractivity contribution in [2.24, 2.45) is 5.92 Å². The summed E-state index contributed by atoms with van der Waals surface area (Å²) in [5.41, 5.74) is 0.886. The number of halogens is 2. The Morgan fingerprint density at radius 1 is 1.43 bits per heavy atom. The average molecular weight is 513 g/mol. The van der Waals surface area contributed by atoms with E-state index in [4.69, 9.17) is 11.6 Å². The van der Waals surface area contributed by atoms with E-state index < -0.39 is 16.8 Å². The van der Waals surface area contributed by atoms with E-state index in [1.165, 1.54) is 18.2 Å². The number of hydrogen-bond acceptors (Lipinski definition) is 5. The third kappa shape index (κ3) is 3.22. The molecule has 0 aliphatic heterocycles. The number of nitro benzene ring substituents is 1. The number of benzene rings is 1. The minimum atomic E-state index is -1.13. The number of nitro groups is 1. The van der Waals surface area contributed by atoms with Gasteiger partial charge in [0.25, 0.3) is 5.69 Å². The van der Waals surface area contributed by atoms with E-state index in [-0.39, 0.29) is 17.2 Å². The Kier molecular flexibility index (Phi) is 4.96. The van der Waals surface area contributed by atoms with Crippen molar-refractivity contribution >= 4 is 51.4 Å². The van der Waals surface area contributed by atoms with Crippen molar-refractivity contribution < 1.29 is 14.8 Å². The minimum absolute atomic E-state index is 0.0139. The van der Waals surface area contributed by atoms with Crippen LogP contribution in [0.25, 0.3) is 5.52 Å². The van der Waals surface area contributed by atoms with E-state index in [0.717, 1.165) is 19.3 Å². The first-order chi connectivity index (χ1) is 13.4. The first-order valence-corrected chi connectivity index (χ1v) is 10.0. The number of aromatic carboxylic acids is 1. The summed E-state index contributed by atoms with van der Waals surface area (Å²) in [4.78, 5) is 31.4. The van der Waals surface area contributed by atoms with Crippen LogP contribution in [0.4, 0.5) is 5.69 Å². The van der Waals surface area contributed by atoms with Gasteiger partial charge in [-0.3, -0.25) is 14.5 Å². The highest BCUT2D eigenvalue weighted by molar-refractivity contribution is 14.1. The van der Waals surface area contributed by atoms with Crippen LogP contribution >= 0.6 is 34.2 Å². The lowest BCUT2D eigenvalue weighted by Gasteiger charge is -2.33. The number of carboxylic acid groups (broad SMARTS) is 1. The zero-order valence-corrected chi connectivity index (χ0v) is 17.3. The average Bonchev–Trinajstić information content (AvgIpc) is 3.01. The summed E-state index contributed by atoms with van der Waals surface area (Å²) in [5.74, 6) is -0.797. The number of nitrogens with zero attached hydrogens (tertiary/aromatic N) is 4. The van der Waals surface area contributed by atoms with Crippen LogP contribution in [0.1, 0.15) is 46.9 Å². The molecule has 0 spiro atoms. The topological polar surface area (TPSA) is 111 Å². The Balaban J connectivity index is 1.97. The summed E-state index contributed by atoms with van der Waals surface area (Å²) in [6, 6.07) is 3.92. The van der Waals surface area contributed by atoms with Crippen LogP contribution < -0.4 is 0 Å². The van der Waals surface area contributed by atoms with Gasteiger partial charge < -0.3 is 5.11 Å². The number of hydrogen-bond donors (Lipinski definition) is 1. The van der Waals surface area contributed by atoms with Gasteiger partial charge in [-0.25, -0.2) is 14.8 Å². The zero-order chi connectivity index (χ0) is 20.0. The van der Waals surface area contributed by atoms with Crippen LogP contribution in [0.5, 0.6) is 0 Å². The van der Waals surface area contributed by atoms with Gasteiger partial charge in [0.15, 0.2) is 5.15 Å². The maximum Gasteiger partial charge on any atom is 0.335 e. The molecule has 144 valence electrons. The van der Waals surface area contributed by atoms with Gasteiger partial charge in [0.05, 0.1) is 22.6 Å². The maximum atomic E-state index is 11.7. The highest BCUT2D eigenvalue weighted by Crippen LogP contribution is 2.46. The van der Waals surface area contributed by atoms with E-state index in [9.17, 15) is 20.0 Å². The van der Waals surface area contributed by atoms with E-state index in [1.54, 1.807) is 16.8 Å². The third-order valence-electron chi connectivity index (χ3n) is 5.18. The third-order valence-corrected chi connectivity index (χ3v) is 5.98. The number of rotatable bonds is 5. The highest BCUT2D eigenvalue weighted by Gasteiger charge is 2.37. The number of imidazole rings is 1. The van der Waals surface area contributed by atoms with Gasteiger partial charge >= 0.3 is 5.97 Å². The molecule has 10 heteroatoms. The SMILES string of the molecule is O=C(O)c1ccc([N+](=O)[O-])c(C(c2ncc3c(Cl)nc(I)cn23)C2CCC2)c1. The normalized spacial score (nSPS) is 15.4. The minimum Gasteiger partial charge on any atom is -0.478 e. The molecule has 1 atom stereocenters. The summed E-state index contributed by atoms with van der Waals surface area (Å²) in [6.45, 7) is 0. The number of carboxylic acids is 1. The summed E-state index contributed by atoms with van der Waals surface area (Å²) >= 11 is 8.29. The first-order valence-electron chi connectivity index (χ1n) is 8.57. The first kappa shape index (κ1) is 19.1. The largest absolute Gasteiger partial charge is 0.478 e.